The molecular weight excluding hydrogens is 423 g/mol. The van der Waals surface area contributed by atoms with Crippen LogP contribution in [0.3, 0.4) is 0 Å². The quantitative estimate of drug-likeness (QED) is 0.492. The van der Waals surface area contributed by atoms with Gasteiger partial charge in [-0.2, -0.15) is 10.2 Å². The minimum absolute atomic E-state index is 0.0972. The van der Waals surface area contributed by atoms with Gasteiger partial charge in [-0.25, -0.2) is 18.9 Å². The number of carbonyl (C=O) groups excluding carboxylic acids is 1. The number of nitrogens with one attached hydrogen (secondary N) is 2. The number of hydrogen-bond acceptors (Lipinski definition) is 4. The van der Waals surface area contributed by atoms with E-state index in [-0.39, 0.29) is 17.5 Å². The van der Waals surface area contributed by atoms with Crippen molar-refractivity contribution in [2.75, 3.05) is 13.1 Å². The van der Waals surface area contributed by atoms with E-state index in [1.807, 2.05) is 30.3 Å². The smallest absolute Gasteiger partial charge is 0.337 e. The molecule has 1 aliphatic rings. The van der Waals surface area contributed by atoms with Gasteiger partial charge in [-0.05, 0) is 37.0 Å². The first-order chi connectivity index (χ1) is 16.1. The minimum Gasteiger partial charge on any atom is -0.337 e. The van der Waals surface area contributed by atoms with Crippen LogP contribution < -0.4 is 5.69 Å². The molecule has 1 fully saturated rings. The molecule has 2 aromatic heterocycles. The first kappa shape index (κ1) is 20.9. The highest BCUT2D eigenvalue weighted by Crippen LogP contribution is 2.24. The third-order valence-corrected chi connectivity index (χ3v) is 5.99. The van der Waals surface area contributed by atoms with Crippen molar-refractivity contribution in [2.24, 2.45) is 5.92 Å². The van der Waals surface area contributed by atoms with Crippen molar-refractivity contribution in [1.29, 1.82) is 0 Å². The molecule has 8 nitrogen and oxygen atoms in total. The molecule has 33 heavy (non-hydrogen) atoms. The Morgan fingerprint density at radius 3 is 2.67 bits per heavy atom. The Labute approximate surface area is 189 Å². The number of benzene rings is 2. The molecule has 5 rings (SSSR count). The highest BCUT2D eigenvalue weighted by Gasteiger charge is 2.27. The Morgan fingerprint density at radius 1 is 1.06 bits per heavy atom. The molecule has 1 saturated heterocycles. The van der Waals surface area contributed by atoms with Crippen molar-refractivity contribution < 1.29 is 9.18 Å². The maximum absolute atomic E-state index is 14.3. The van der Waals surface area contributed by atoms with Crippen molar-refractivity contribution in [3.63, 3.8) is 0 Å². The van der Waals surface area contributed by atoms with E-state index in [1.54, 1.807) is 29.2 Å². The number of hydrogen-bond donors (Lipinski definition) is 2. The van der Waals surface area contributed by atoms with Crippen LogP contribution in [0.15, 0.2) is 65.5 Å². The molecule has 2 aromatic carbocycles. The largest absolute Gasteiger partial charge is 0.348 e. The summed E-state index contributed by atoms with van der Waals surface area (Å²) in [6.45, 7) is 1.17. The molecule has 1 aliphatic heterocycles. The number of nitrogens with zero attached hydrogens (tertiary/aromatic N) is 4. The van der Waals surface area contributed by atoms with E-state index in [4.69, 9.17) is 0 Å². The molecule has 1 amide bonds. The van der Waals surface area contributed by atoms with Gasteiger partial charge in [-0.15, -0.1) is 0 Å². The maximum Gasteiger partial charge on any atom is 0.348 e. The summed E-state index contributed by atoms with van der Waals surface area (Å²) < 4.78 is 15.6. The van der Waals surface area contributed by atoms with Crippen LogP contribution in [-0.2, 0) is 6.42 Å². The number of aromatic nitrogens is 5. The van der Waals surface area contributed by atoms with Crippen LogP contribution in [0, 0.1) is 11.7 Å². The molecule has 0 bridgehead atoms. The van der Waals surface area contributed by atoms with Crippen LogP contribution in [0.25, 0.3) is 16.9 Å². The maximum atomic E-state index is 14.3. The number of amides is 1. The summed E-state index contributed by atoms with van der Waals surface area (Å²) in [5.74, 6) is -0.0451. The van der Waals surface area contributed by atoms with Gasteiger partial charge < -0.3 is 4.90 Å². The van der Waals surface area contributed by atoms with Crippen LogP contribution in [-0.4, -0.2) is 48.9 Å². The SMILES string of the molecule is O=C(c1cc(-c2ccccc2)n[nH]1)N1CCC[C@@H](Cc2n[nH]c(=O)n2-c2ccccc2F)C1. The summed E-state index contributed by atoms with van der Waals surface area (Å²) in [5, 5.41) is 13.7. The molecule has 0 unspecified atom stereocenters. The van der Waals surface area contributed by atoms with Gasteiger partial charge in [0.05, 0.1) is 11.4 Å². The second kappa shape index (κ2) is 8.85. The van der Waals surface area contributed by atoms with Gasteiger partial charge in [-0.3, -0.25) is 9.89 Å². The highest BCUT2D eigenvalue weighted by molar-refractivity contribution is 5.93. The molecule has 0 aliphatic carbocycles. The molecule has 4 aromatic rings. The standard InChI is InChI=1S/C24H23FN6O2/c25-18-10-4-5-11-21(18)31-22(28-29-24(31)33)13-16-7-6-12-30(15-16)23(32)20-14-19(26-27-20)17-8-2-1-3-9-17/h1-5,8-11,14,16H,6-7,12-13,15H2,(H,26,27)(H,29,33)/t16-/m0/s1. The molecule has 1 atom stereocenters. The summed E-state index contributed by atoms with van der Waals surface area (Å²) in [6.07, 6.45) is 2.18. The number of aromatic amines is 2. The predicted molar refractivity (Wildman–Crippen MR) is 120 cm³/mol. The van der Waals surface area contributed by atoms with Crippen LogP contribution in [0.4, 0.5) is 4.39 Å². The lowest BCUT2D eigenvalue weighted by atomic mass is 9.94. The number of H-pyrrole nitrogens is 2. The van der Waals surface area contributed by atoms with E-state index in [0.29, 0.717) is 31.0 Å². The van der Waals surface area contributed by atoms with E-state index in [9.17, 15) is 14.0 Å². The van der Waals surface area contributed by atoms with E-state index >= 15 is 0 Å². The van der Waals surface area contributed by atoms with Crippen molar-refractivity contribution in [2.45, 2.75) is 19.3 Å². The van der Waals surface area contributed by atoms with Crippen molar-refractivity contribution in [3.8, 4) is 16.9 Å². The number of para-hydroxylation sites is 1. The van der Waals surface area contributed by atoms with Gasteiger partial charge in [0, 0.05) is 25.1 Å². The second-order valence-electron chi connectivity index (χ2n) is 8.23. The van der Waals surface area contributed by atoms with Crippen LogP contribution in [0.2, 0.25) is 0 Å². The molecular formula is C24H23FN6O2. The van der Waals surface area contributed by atoms with Crippen molar-refractivity contribution in [1.82, 2.24) is 29.9 Å². The van der Waals surface area contributed by atoms with Crippen LogP contribution >= 0.6 is 0 Å². The van der Waals surface area contributed by atoms with Crippen LogP contribution in [0.5, 0.6) is 0 Å². The molecule has 2 N–H and O–H groups in total. The topological polar surface area (TPSA) is 99.7 Å². The average Bonchev–Trinajstić information content (AvgIpc) is 3.47. The Hall–Kier alpha value is -4.01. The van der Waals surface area contributed by atoms with E-state index in [0.717, 1.165) is 24.1 Å². The normalized spacial score (nSPS) is 16.2. The Balaban J connectivity index is 1.32. The lowest BCUT2D eigenvalue weighted by Crippen LogP contribution is -2.41. The van der Waals surface area contributed by atoms with Crippen LogP contribution in [0.1, 0.15) is 29.2 Å². The molecule has 0 saturated carbocycles. The van der Waals surface area contributed by atoms with Gasteiger partial charge in [0.2, 0.25) is 0 Å². The molecule has 168 valence electrons. The zero-order valence-corrected chi connectivity index (χ0v) is 17.9. The zero-order valence-electron chi connectivity index (χ0n) is 17.9. The fraction of sp³-hybridized carbons (Fsp3) is 0.250. The predicted octanol–water partition coefficient (Wildman–Crippen LogP) is 3.18. The Morgan fingerprint density at radius 2 is 1.85 bits per heavy atom. The van der Waals surface area contributed by atoms with Crippen molar-refractivity contribution >= 4 is 5.91 Å². The first-order valence-corrected chi connectivity index (χ1v) is 10.9. The van der Waals surface area contributed by atoms with Gasteiger partial charge in [0.15, 0.2) is 0 Å². The second-order valence-corrected chi connectivity index (χ2v) is 8.23. The summed E-state index contributed by atoms with van der Waals surface area (Å²) in [5.41, 5.74) is 1.79. The fourth-order valence-corrected chi connectivity index (χ4v) is 4.38. The van der Waals surface area contributed by atoms with Gasteiger partial charge in [-0.1, -0.05) is 42.5 Å². The lowest BCUT2D eigenvalue weighted by molar-refractivity contribution is 0.0666. The highest BCUT2D eigenvalue weighted by atomic mass is 19.1. The van der Waals surface area contributed by atoms with Gasteiger partial charge >= 0.3 is 5.69 Å². The zero-order chi connectivity index (χ0) is 22.8. The molecule has 0 spiro atoms. The number of rotatable bonds is 5. The molecule has 0 radical (unpaired) electrons. The van der Waals surface area contributed by atoms with E-state index < -0.39 is 11.5 Å². The monoisotopic (exact) mass is 446 g/mol. The Kier molecular flexibility index (Phi) is 5.60. The summed E-state index contributed by atoms with van der Waals surface area (Å²) in [6, 6.07) is 17.6. The number of likely N-dealkylation sites (tertiary alicyclic amines) is 1. The van der Waals surface area contributed by atoms with E-state index in [2.05, 4.69) is 20.4 Å². The number of carbonyl (C=O) groups is 1. The average molecular weight is 446 g/mol. The number of halogens is 1. The van der Waals surface area contributed by atoms with Gasteiger partial charge in [0.25, 0.3) is 5.91 Å². The summed E-state index contributed by atoms with van der Waals surface area (Å²) in [4.78, 5) is 27.2. The summed E-state index contributed by atoms with van der Waals surface area (Å²) in [7, 11) is 0. The minimum atomic E-state index is -0.490. The first-order valence-electron chi connectivity index (χ1n) is 10.9. The molecule has 9 heteroatoms. The third-order valence-electron chi connectivity index (χ3n) is 5.99. The van der Waals surface area contributed by atoms with Crippen molar-refractivity contribution in [3.05, 3.63) is 88.5 Å². The summed E-state index contributed by atoms with van der Waals surface area (Å²) >= 11 is 0. The third kappa shape index (κ3) is 4.21. The number of piperidine rings is 1. The Bertz CT molecular complexity index is 1330. The molecule has 3 heterocycles. The fourth-order valence-electron chi connectivity index (χ4n) is 4.38. The van der Waals surface area contributed by atoms with E-state index in [1.165, 1.54) is 10.6 Å². The lowest BCUT2D eigenvalue weighted by Gasteiger charge is -2.32. The van der Waals surface area contributed by atoms with Gasteiger partial charge in [0.1, 0.15) is 17.3 Å².